The quantitative estimate of drug-likeness (QED) is 0.679. The molecule has 6 heteroatoms. The SMILES string of the molecule is COc1ccccc1NC(=O)c1ccc(Nc2cc(C)ccc2OC)cn1. The Morgan fingerprint density at radius 2 is 1.67 bits per heavy atom. The summed E-state index contributed by atoms with van der Waals surface area (Å²) in [6.45, 7) is 2.01. The number of nitrogens with one attached hydrogen (secondary N) is 2. The van der Waals surface area contributed by atoms with Crippen molar-refractivity contribution in [3.63, 3.8) is 0 Å². The van der Waals surface area contributed by atoms with Crippen LogP contribution in [-0.4, -0.2) is 25.1 Å². The first kappa shape index (κ1) is 18.3. The largest absolute Gasteiger partial charge is 0.495 e. The number of carbonyl (C=O) groups excluding carboxylic acids is 1. The second-order valence-corrected chi connectivity index (χ2v) is 5.92. The van der Waals surface area contributed by atoms with Crippen molar-refractivity contribution in [2.45, 2.75) is 6.92 Å². The zero-order valence-electron chi connectivity index (χ0n) is 15.4. The van der Waals surface area contributed by atoms with Gasteiger partial charge in [-0.1, -0.05) is 18.2 Å². The van der Waals surface area contributed by atoms with Crippen LogP contribution in [0.15, 0.2) is 60.8 Å². The highest BCUT2D eigenvalue weighted by Crippen LogP contribution is 2.28. The van der Waals surface area contributed by atoms with E-state index in [2.05, 4.69) is 15.6 Å². The Morgan fingerprint density at radius 3 is 2.37 bits per heavy atom. The molecule has 2 aromatic carbocycles. The summed E-state index contributed by atoms with van der Waals surface area (Å²) in [4.78, 5) is 16.7. The predicted octanol–water partition coefficient (Wildman–Crippen LogP) is 4.40. The zero-order chi connectivity index (χ0) is 19.2. The molecule has 0 unspecified atom stereocenters. The van der Waals surface area contributed by atoms with E-state index < -0.39 is 0 Å². The van der Waals surface area contributed by atoms with Crippen LogP contribution in [0.4, 0.5) is 17.1 Å². The van der Waals surface area contributed by atoms with Gasteiger partial charge in [0.2, 0.25) is 0 Å². The summed E-state index contributed by atoms with van der Waals surface area (Å²) in [5, 5.41) is 6.06. The van der Waals surface area contributed by atoms with Crippen molar-refractivity contribution in [3.05, 3.63) is 72.1 Å². The lowest BCUT2D eigenvalue weighted by Gasteiger charge is -2.12. The number of hydrogen-bond acceptors (Lipinski definition) is 5. The number of amides is 1. The van der Waals surface area contributed by atoms with E-state index >= 15 is 0 Å². The van der Waals surface area contributed by atoms with Gasteiger partial charge in [0.15, 0.2) is 0 Å². The average Bonchev–Trinajstić information content (AvgIpc) is 2.69. The van der Waals surface area contributed by atoms with Gasteiger partial charge in [0, 0.05) is 0 Å². The van der Waals surface area contributed by atoms with Gasteiger partial charge < -0.3 is 20.1 Å². The highest BCUT2D eigenvalue weighted by Gasteiger charge is 2.11. The number of pyridine rings is 1. The molecule has 0 saturated carbocycles. The van der Waals surface area contributed by atoms with E-state index in [9.17, 15) is 4.79 Å². The van der Waals surface area contributed by atoms with Gasteiger partial charge in [-0.15, -0.1) is 0 Å². The van der Waals surface area contributed by atoms with Crippen LogP contribution in [0.3, 0.4) is 0 Å². The number of hydrogen-bond donors (Lipinski definition) is 2. The first-order valence-corrected chi connectivity index (χ1v) is 8.43. The molecular formula is C21H21N3O3. The molecule has 1 amide bonds. The van der Waals surface area contributed by atoms with Crippen molar-refractivity contribution in [1.29, 1.82) is 0 Å². The minimum absolute atomic E-state index is 0.306. The molecule has 2 N–H and O–H groups in total. The van der Waals surface area contributed by atoms with Crippen molar-refractivity contribution in [2.75, 3.05) is 24.9 Å². The molecule has 138 valence electrons. The standard InChI is InChI=1S/C21H21N3O3/c1-14-8-11-20(27-3)18(12-14)23-15-9-10-17(22-13-15)21(25)24-16-6-4-5-7-19(16)26-2/h4-13,23H,1-3H3,(H,24,25). The molecule has 1 heterocycles. The Hall–Kier alpha value is -3.54. The van der Waals surface area contributed by atoms with Gasteiger partial charge in [-0.3, -0.25) is 4.79 Å². The van der Waals surface area contributed by atoms with Crippen LogP contribution >= 0.6 is 0 Å². The third-order valence-electron chi connectivity index (χ3n) is 3.99. The average molecular weight is 363 g/mol. The molecular weight excluding hydrogens is 342 g/mol. The minimum Gasteiger partial charge on any atom is -0.495 e. The van der Waals surface area contributed by atoms with E-state index in [0.29, 0.717) is 17.1 Å². The predicted molar refractivity (Wildman–Crippen MR) is 106 cm³/mol. The number of carbonyl (C=O) groups is 1. The van der Waals surface area contributed by atoms with Crippen molar-refractivity contribution in [1.82, 2.24) is 4.98 Å². The Balaban J connectivity index is 1.73. The zero-order valence-corrected chi connectivity index (χ0v) is 15.4. The molecule has 0 aliphatic heterocycles. The summed E-state index contributed by atoms with van der Waals surface area (Å²) in [5.74, 6) is 1.02. The van der Waals surface area contributed by atoms with Crippen LogP contribution in [0.25, 0.3) is 0 Å². The lowest BCUT2D eigenvalue weighted by atomic mass is 10.2. The van der Waals surface area contributed by atoms with Crippen molar-refractivity contribution in [3.8, 4) is 11.5 Å². The Kier molecular flexibility index (Phi) is 5.56. The molecule has 1 aromatic heterocycles. The Bertz CT molecular complexity index is 940. The number of nitrogens with zero attached hydrogens (tertiary/aromatic N) is 1. The fourth-order valence-electron chi connectivity index (χ4n) is 2.61. The van der Waals surface area contributed by atoms with Gasteiger partial charge in [-0.2, -0.15) is 0 Å². The maximum absolute atomic E-state index is 12.4. The highest BCUT2D eigenvalue weighted by atomic mass is 16.5. The van der Waals surface area contributed by atoms with Crippen LogP contribution < -0.4 is 20.1 Å². The third kappa shape index (κ3) is 4.36. The number of methoxy groups -OCH3 is 2. The number of benzene rings is 2. The highest BCUT2D eigenvalue weighted by molar-refractivity contribution is 6.03. The lowest BCUT2D eigenvalue weighted by molar-refractivity contribution is 0.102. The van der Waals surface area contributed by atoms with E-state index in [-0.39, 0.29) is 5.91 Å². The molecule has 0 fully saturated rings. The van der Waals surface area contributed by atoms with Crippen LogP contribution in [0.1, 0.15) is 16.1 Å². The molecule has 6 nitrogen and oxygen atoms in total. The van der Waals surface area contributed by atoms with Gasteiger partial charge in [-0.05, 0) is 48.9 Å². The second kappa shape index (κ2) is 8.23. The molecule has 0 spiro atoms. The molecule has 0 atom stereocenters. The number of anilines is 3. The fourth-order valence-corrected chi connectivity index (χ4v) is 2.61. The Morgan fingerprint density at radius 1 is 0.926 bits per heavy atom. The number of ether oxygens (including phenoxy) is 2. The summed E-state index contributed by atoms with van der Waals surface area (Å²) >= 11 is 0. The summed E-state index contributed by atoms with van der Waals surface area (Å²) in [6.07, 6.45) is 1.61. The van der Waals surface area contributed by atoms with E-state index in [1.807, 2.05) is 37.3 Å². The first-order chi connectivity index (χ1) is 13.1. The van der Waals surface area contributed by atoms with Crippen LogP contribution in [0.2, 0.25) is 0 Å². The van der Waals surface area contributed by atoms with Gasteiger partial charge in [0.1, 0.15) is 17.2 Å². The van der Waals surface area contributed by atoms with Crippen LogP contribution in [0, 0.1) is 6.92 Å². The van der Waals surface area contributed by atoms with Crippen molar-refractivity contribution in [2.24, 2.45) is 0 Å². The van der Waals surface area contributed by atoms with Crippen LogP contribution in [-0.2, 0) is 0 Å². The molecule has 0 radical (unpaired) electrons. The minimum atomic E-state index is -0.306. The fraction of sp³-hybridized carbons (Fsp3) is 0.143. The molecule has 27 heavy (non-hydrogen) atoms. The molecule has 0 bridgehead atoms. The molecule has 0 aliphatic carbocycles. The van der Waals surface area contributed by atoms with Crippen molar-refractivity contribution >= 4 is 23.0 Å². The molecule has 3 rings (SSSR count). The molecule has 3 aromatic rings. The second-order valence-electron chi connectivity index (χ2n) is 5.92. The van der Waals surface area contributed by atoms with Crippen molar-refractivity contribution < 1.29 is 14.3 Å². The van der Waals surface area contributed by atoms with E-state index in [1.54, 1.807) is 44.7 Å². The summed E-state index contributed by atoms with van der Waals surface area (Å²) in [7, 11) is 3.18. The lowest BCUT2D eigenvalue weighted by Crippen LogP contribution is -2.14. The number of aryl methyl sites for hydroxylation is 1. The maximum Gasteiger partial charge on any atom is 0.274 e. The summed E-state index contributed by atoms with van der Waals surface area (Å²) in [6, 6.07) is 16.6. The smallest absolute Gasteiger partial charge is 0.274 e. The van der Waals surface area contributed by atoms with E-state index in [4.69, 9.17) is 9.47 Å². The number of rotatable bonds is 6. The monoisotopic (exact) mass is 363 g/mol. The number of para-hydroxylation sites is 2. The normalized spacial score (nSPS) is 10.2. The van der Waals surface area contributed by atoms with Gasteiger partial charge in [0.05, 0.1) is 37.5 Å². The van der Waals surface area contributed by atoms with E-state index in [1.165, 1.54) is 0 Å². The number of aromatic nitrogens is 1. The van der Waals surface area contributed by atoms with Crippen LogP contribution in [0.5, 0.6) is 11.5 Å². The Labute approximate surface area is 158 Å². The van der Waals surface area contributed by atoms with E-state index in [0.717, 1.165) is 22.7 Å². The van der Waals surface area contributed by atoms with Gasteiger partial charge in [0.25, 0.3) is 5.91 Å². The summed E-state index contributed by atoms with van der Waals surface area (Å²) < 4.78 is 10.6. The first-order valence-electron chi connectivity index (χ1n) is 8.43. The molecule has 0 aliphatic rings. The maximum atomic E-state index is 12.4. The third-order valence-corrected chi connectivity index (χ3v) is 3.99. The van der Waals surface area contributed by atoms with Gasteiger partial charge in [-0.25, -0.2) is 4.98 Å². The molecule has 0 saturated heterocycles. The van der Waals surface area contributed by atoms with Gasteiger partial charge >= 0.3 is 0 Å². The topological polar surface area (TPSA) is 72.5 Å². The summed E-state index contributed by atoms with van der Waals surface area (Å²) in [5.41, 5.74) is 3.61.